The molecule has 1 heterocycles. The number of carboxylic acids is 1. The Labute approximate surface area is 156 Å². The fraction of sp³-hybridized carbons (Fsp3) is 0. The van der Waals surface area contributed by atoms with Gasteiger partial charge in [0.2, 0.25) is 0 Å². The van der Waals surface area contributed by atoms with Gasteiger partial charge in [-0.25, -0.2) is 4.79 Å². The Bertz CT molecular complexity index is 860. The first-order valence-electron chi connectivity index (χ1n) is 6.82. The molecule has 3 rings (SSSR count). The Morgan fingerprint density at radius 1 is 1.12 bits per heavy atom. The van der Waals surface area contributed by atoms with E-state index in [1.165, 1.54) is 28.8 Å². The molecule has 24 heavy (non-hydrogen) atoms. The minimum absolute atomic E-state index is 0.186. The summed E-state index contributed by atoms with van der Waals surface area (Å²) in [4.78, 5) is 25.5. The van der Waals surface area contributed by atoms with Crippen molar-refractivity contribution in [2.24, 2.45) is 0 Å². The van der Waals surface area contributed by atoms with Crippen molar-refractivity contribution in [1.29, 1.82) is 0 Å². The maximum atomic E-state index is 12.6. The van der Waals surface area contributed by atoms with Gasteiger partial charge in [0.25, 0.3) is 5.91 Å². The minimum atomic E-state index is -0.983. The molecule has 1 fully saturated rings. The molecule has 0 radical (unpaired) electrons. The number of rotatable bonds is 3. The number of thioether (sulfide) groups is 1. The zero-order valence-electron chi connectivity index (χ0n) is 12.1. The van der Waals surface area contributed by atoms with E-state index in [-0.39, 0.29) is 11.5 Å². The number of carboxylic acid groups (broad SMARTS) is 1. The van der Waals surface area contributed by atoms with Gasteiger partial charge in [-0.3, -0.25) is 9.69 Å². The summed E-state index contributed by atoms with van der Waals surface area (Å²) in [6.07, 6.45) is 1.71. The average Bonchev–Trinajstić information content (AvgIpc) is 2.83. The normalized spacial score (nSPS) is 16.0. The van der Waals surface area contributed by atoms with Gasteiger partial charge in [-0.15, -0.1) is 0 Å². The highest BCUT2D eigenvalue weighted by Gasteiger charge is 2.33. The van der Waals surface area contributed by atoms with Crippen LogP contribution in [-0.4, -0.2) is 21.3 Å². The van der Waals surface area contributed by atoms with Gasteiger partial charge in [0.1, 0.15) is 0 Å². The number of amides is 1. The largest absolute Gasteiger partial charge is 0.478 e. The zero-order valence-corrected chi connectivity index (χ0v) is 15.3. The molecule has 1 aliphatic heterocycles. The Kier molecular flexibility index (Phi) is 4.84. The summed E-state index contributed by atoms with van der Waals surface area (Å²) in [7, 11) is 0. The molecule has 0 saturated carbocycles. The van der Waals surface area contributed by atoms with Crippen LogP contribution in [0.25, 0.3) is 6.08 Å². The second-order valence-electron chi connectivity index (χ2n) is 4.92. The van der Waals surface area contributed by atoms with E-state index in [1.54, 1.807) is 18.2 Å². The number of hydrogen-bond donors (Lipinski definition) is 1. The van der Waals surface area contributed by atoms with Gasteiger partial charge in [0.05, 0.1) is 16.2 Å². The molecular weight excluding hydrogens is 410 g/mol. The maximum Gasteiger partial charge on any atom is 0.335 e. The topological polar surface area (TPSA) is 57.6 Å². The quantitative estimate of drug-likeness (QED) is 0.583. The summed E-state index contributed by atoms with van der Waals surface area (Å²) in [6, 6.07) is 13.7. The van der Waals surface area contributed by atoms with E-state index in [9.17, 15) is 9.59 Å². The first-order valence-corrected chi connectivity index (χ1v) is 8.84. The molecule has 0 bridgehead atoms. The monoisotopic (exact) mass is 419 g/mol. The molecule has 0 unspecified atom stereocenters. The van der Waals surface area contributed by atoms with Crippen LogP contribution in [0.4, 0.5) is 5.69 Å². The summed E-state index contributed by atoms with van der Waals surface area (Å²) >= 11 is 9.91. The number of thiocarbonyl (C=S) groups is 1. The third kappa shape index (κ3) is 3.43. The molecule has 120 valence electrons. The summed E-state index contributed by atoms with van der Waals surface area (Å²) in [5.41, 5.74) is 1.66. The molecule has 1 N–H and O–H groups in total. The zero-order chi connectivity index (χ0) is 17.3. The summed E-state index contributed by atoms with van der Waals surface area (Å²) in [5, 5.41) is 8.92. The number of anilines is 1. The molecule has 0 atom stereocenters. The first kappa shape index (κ1) is 16.9. The third-order valence-corrected chi connectivity index (χ3v) is 5.16. The number of hydrogen-bond acceptors (Lipinski definition) is 4. The third-order valence-electron chi connectivity index (χ3n) is 3.33. The number of halogens is 1. The van der Waals surface area contributed by atoms with E-state index in [0.717, 1.165) is 10.0 Å². The van der Waals surface area contributed by atoms with Crippen molar-refractivity contribution in [2.75, 3.05) is 4.90 Å². The lowest BCUT2D eigenvalue weighted by molar-refractivity contribution is -0.113. The average molecular weight is 420 g/mol. The Hall–Kier alpha value is -1.96. The van der Waals surface area contributed by atoms with Crippen LogP contribution in [0.3, 0.4) is 0 Å². The van der Waals surface area contributed by atoms with Gasteiger partial charge in [0, 0.05) is 4.47 Å². The molecule has 1 saturated heterocycles. The van der Waals surface area contributed by atoms with Gasteiger partial charge in [-0.2, -0.15) is 0 Å². The van der Waals surface area contributed by atoms with Crippen molar-refractivity contribution < 1.29 is 14.7 Å². The maximum absolute atomic E-state index is 12.6. The SMILES string of the molecule is O=C(O)c1ccc(/C=C2/SC(=S)N(c3ccc(Br)cc3)C2=O)cc1. The molecule has 7 heteroatoms. The van der Waals surface area contributed by atoms with Crippen molar-refractivity contribution in [3.8, 4) is 0 Å². The molecule has 0 aliphatic carbocycles. The summed E-state index contributed by atoms with van der Waals surface area (Å²) in [5.74, 6) is -1.17. The highest BCUT2D eigenvalue weighted by Crippen LogP contribution is 2.36. The van der Waals surface area contributed by atoms with Crippen LogP contribution in [0.15, 0.2) is 57.9 Å². The lowest BCUT2D eigenvalue weighted by Gasteiger charge is -2.14. The highest BCUT2D eigenvalue weighted by atomic mass is 79.9. The smallest absolute Gasteiger partial charge is 0.335 e. The molecule has 4 nitrogen and oxygen atoms in total. The van der Waals surface area contributed by atoms with Gasteiger partial charge in [0.15, 0.2) is 4.32 Å². The Morgan fingerprint density at radius 3 is 2.33 bits per heavy atom. The second-order valence-corrected chi connectivity index (χ2v) is 7.51. The number of carbonyl (C=O) groups is 2. The summed E-state index contributed by atoms with van der Waals surface area (Å²) < 4.78 is 1.39. The van der Waals surface area contributed by atoms with Crippen LogP contribution in [-0.2, 0) is 4.79 Å². The van der Waals surface area contributed by atoms with Crippen molar-refractivity contribution in [3.63, 3.8) is 0 Å². The van der Waals surface area contributed by atoms with Crippen molar-refractivity contribution in [1.82, 2.24) is 0 Å². The highest BCUT2D eigenvalue weighted by molar-refractivity contribution is 9.10. The van der Waals surface area contributed by atoms with E-state index in [1.807, 2.05) is 24.3 Å². The Morgan fingerprint density at radius 2 is 1.75 bits per heavy atom. The van der Waals surface area contributed by atoms with Crippen LogP contribution >= 0.6 is 39.9 Å². The number of carbonyl (C=O) groups excluding carboxylic acids is 1. The number of benzene rings is 2. The number of nitrogens with zero attached hydrogens (tertiary/aromatic N) is 1. The minimum Gasteiger partial charge on any atom is -0.478 e. The van der Waals surface area contributed by atoms with E-state index in [2.05, 4.69) is 15.9 Å². The summed E-state index contributed by atoms with van der Waals surface area (Å²) in [6.45, 7) is 0. The first-order chi connectivity index (χ1) is 11.5. The lowest BCUT2D eigenvalue weighted by Crippen LogP contribution is -2.27. The van der Waals surface area contributed by atoms with Gasteiger partial charge in [-0.1, -0.05) is 52.0 Å². The lowest BCUT2D eigenvalue weighted by atomic mass is 10.1. The predicted molar refractivity (Wildman–Crippen MR) is 103 cm³/mol. The van der Waals surface area contributed by atoms with E-state index < -0.39 is 5.97 Å². The van der Waals surface area contributed by atoms with Crippen molar-refractivity contribution in [3.05, 3.63) is 69.0 Å². The number of aromatic carboxylic acids is 1. The molecule has 2 aromatic carbocycles. The predicted octanol–water partition coefficient (Wildman–Crippen LogP) is 4.55. The van der Waals surface area contributed by atoms with Gasteiger partial charge >= 0.3 is 5.97 Å². The molecule has 1 amide bonds. The fourth-order valence-corrected chi connectivity index (χ4v) is 3.72. The standard InChI is InChI=1S/C17H10BrNO3S2/c18-12-5-7-13(8-6-12)19-15(20)14(24-17(19)23)9-10-1-3-11(4-2-10)16(21)22/h1-9H,(H,21,22)/b14-9+. The fourth-order valence-electron chi connectivity index (χ4n) is 2.15. The molecular formula is C17H10BrNO3S2. The van der Waals surface area contributed by atoms with Crippen molar-refractivity contribution >= 4 is 67.9 Å². The second kappa shape index (κ2) is 6.88. The van der Waals surface area contributed by atoms with E-state index in [0.29, 0.717) is 14.9 Å². The van der Waals surface area contributed by atoms with Crippen LogP contribution in [0.1, 0.15) is 15.9 Å². The van der Waals surface area contributed by atoms with Crippen LogP contribution in [0.5, 0.6) is 0 Å². The van der Waals surface area contributed by atoms with E-state index >= 15 is 0 Å². The molecule has 2 aromatic rings. The van der Waals surface area contributed by atoms with Crippen LogP contribution < -0.4 is 4.90 Å². The van der Waals surface area contributed by atoms with Crippen LogP contribution in [0.2, 0.25) is 0 Å². The molecule has 0 aromatic heterocycles. The van der Waals surface area contributed by atoms with Gasteiger partial charge in [-0.05, 0) is 48.0 Å². The van der Waals surface area contributed by atoms with Crippen LogP contribution in [0, 0.1) is 0 Å². The van der Waals surface area contributed by atoms with Gasteiger partial charge < -0.3 is 5.11 Å². The van der Waals surface area contributed by atoms with E-state index in [4.69, 9.17) is 17.3 Å². The Balaban J connectivity index is 1.87. The van der Waals surface area contributed by atoms with Crippen molar-refractivity contribution in [2.45, 2.75) is 0 Å². The molecule has 0 spiro atoms. The molecule has 1 aliphatic rings.